The molecule has 23 heavy (non-hydrogen) atoms. The largest absolute Gasteiger partial charge is 0.337 e. The fourth-order valence-corrected chi connectivity index (χ4v) is 4.76. The molecule has 2 aromatic heterocycles. The summed E-state index contributed by atoms with van der Waals surface area (Å²) in [4.78, 5) is 11.8. The molecule has 0 radical (unpaired) electrons. The van der Waals surface area contributed by atoms with Crippen LogP contribution in [0.15, 0.2) is 17.8 Å². The average molecular weight is 331 g/mol. The van der Waals surface area contributed by atoms with E-state index in [1.807, 2.05) is 12.4 Å². The van der Waals surface area contributed by atoms with Gasteiger partial charge in [0.25, 0.3) is 0 Å². The molecular formula is C17H25N5S. The molecule has 2 aromatic rings. The SMILES string of the molecule is Cc1csc(CN(Cc2nccn2C)C2CC23CCNCC3)n1. The first-order valence-electron chi connectivity index (χ1n) is 8.48. The van der Waals surface area contributed by atoms with Crippen LogP contribution >= 0.6 is 11.3 Å². The van der Waals surface area contributed by atoms with E-state index in [0.717, 1.165) is 24.6 Å². The van der Waals surface area contributed by atoms with E-state index in [-0.39, 0.29) is 0 Å². The van der Waals surface area contributed by atoms with Crippen molar-refractivity contribution in [1.29, 1.82) is 0 Å². The van der Waals surface area contributed by atoms with E-state index in [4.69, 9.17) is 0 Å². The molecule has 2 aliphatic rings. The van der Waals surface area contributed by atoms with Crippen molar-refractivity contribution in [2.24, 2.45) is 12.5 Å². The molecule has 1 atom stereocenters. The van der Waals surface area contributed by atoms with Crippen molar-refractivity contribution in [2.45, 2.75) is 45.3 Å². The van der Waals surface area contributed by atoms with Gasteiger partial charge in [0, 0.05) is 36.6 Å². The van der Waals surface area contributed by atoms with Crippen LogP contribution in [0.2, 0.25) is 0 Å². The Morgan fingerprint density at radius 3 is 2.87 bits per heavy atom. The molecule has 6 heteroatoms. The lowest BCUT2D eigenvalue weighted by Crippen LogP contribution is -2.36. The van der Waals surface area contributed by atoms with Crippen molar-refractivity contribution in [3.63, 3.8) is 0 Å². The number of hydrogen-bond donors (Lipinski definition) is 1. The van der Waals surface area contributed by atoms with E-state index >= 15 is 0 Å². The summed E-state index contributed by atoms with van der Waals surface area (Å²) < 4.78 is 2.14. The highest BCUT2D eigenvalue weighted by Gasteiger charge is 2.56. The van der Waals surface area contributed by atoms with Gasteiger partial charge in [-0.2, -0.15) is 0 Å². The van der Waals surface area contributed by atoms with Gasteiger partial charge in [-0.25, -0.2) is 9.97 Å². The zero-order chi connectivity index (χ0) is 15.9. The van der Waals surface area contributed by atoms with Crippen LogP contribution in [0, 0.1) is 12.3 Å². The van der Waals surface area contributed by atoms with Gasteiger partial charge in [0.2, 0.25) is 0 Å². The minimum Gasteiger partial charge on any atom is -0.337 e. The van der Waals surface area contributed by atoms with Crippen LogP contribution in [0.3, 0.4) is 0 Å². The van der Waals surface area contributed by atoms with Gasteiger partial charge in [-0.1, -0.05) is 0 Å². The Morgan fingerprint density at radius 2 is 2.22 bits per heavy atom. The van der Waals surface area contributed by atoms with Crippen LogP contribution in [0.4, 0.5) is 0 Å². The Kier molecular flexibility index (Phi) is 3.99. The molecule has 124 valence electrons. The minimum absolute atomic E-state index is 0.544. The van der Waals surface area contributed by atoms with Crippen LogP contribution in [-0.2, 0) is 20.1 Å². The topological polar surface area (TPSA) is 46.0 Å². The van der Waals surface area contributed by atoms with E-state index in [2.05, 4.69) is 44.1 Å². The number of aryl methyl sites for hydroxylation is 2. The molecule has 5 nitrogen and oxygen atoms in total. The average Bonchev–Trinajstić information content (AvgIpc) is 2.85. The Bertz CT molecular complexity index is 670. The number of nitrogens with one attached hydrogen (secondary N) is 1. The number of hydrogen-bond acceptors (Lipinski definition) is 5. The predicted octanol–water partition coefficient (Wildman–Crippen LogP) is 2.33. The fraction of sp³-hybridized carbons (Fsp3) is 0.647. The van der Waals surface area contributed by atoms with Gasteiger partial charge in [-0.15, -0.1) is 11.3 Å². The van der Waals surface area contributed by atoms with E-state index in [9.17, 15) is 0 Å². The van der Waals surface area contributed by atoms with E-state index in [0.29, 0.717) is 11.5 Å². The van der Waals surface area contributed by atoms with E-state index in [1.54, 1.807) is 11.3 Å². The second-order valence-electron chi connectivity index (χ2n) is 7.07. The van der Waals surface area contributed by atoms with Gasteiger partial charge in [-0.05, 0) is 44.7 Å². The summed E-state index contributed by atoms with van der Waals surface area (Å²) in [6.45, 7) is 6.29. The normalized spacial score (nSPS) is 22.8. The Morgan fingerprint density at radius 1 is 1.39 bits per heavy atom. The summed E-state index contributed by atoms with van der Waals surface area (Å²) in [6.07, 6.45) is 7.89. The molecule has 1 saturated heterocycles. The summed E-state index contributed by atoms with van der Waals surface area (Å²) >= 11 is 1.78. The molecule has 1 aliphatic heterocycles. The molecule has 4 rings (SSSR count). The maximum Gasteiger partial charge on any atom is 0.122 e. The highest BCUT2D eigenvalue weighted by atomic mass is 32.1. The van der Waals surface area contributed by atoms with Crippen molar-refractivity contribution in [3.8, 4) is 0 Å². The van der Waals surface area contributed by atoms with E-state index < -0.39 is 0 Å². The highest BCUT2D eigenvalue weighted by Crippen LogP contribution is 2.56. The minimum atomic E-state index is 0.544. The van der Waals surface area contributed by atoms with Gasteiger partial charge >= 0.3 is 0 Å². The van der Waals surface area contributed by atoms with Crippen molar-refractivity contribution in [3.05, 3.63) is 34.3 Å². The van der Waals surface area contributed by atoms with Crippen molar-refractivity contribution in [2.75, 3.05) is 13.1 Å². The van der Waals surface area contributed by atoms with Gasteiger partial charge in [0.05, 0.1) is 13.1 Å². The molecule has 1 aliphatic carbocycles. The van der Waals surface area contributed by atoms with Gasteiger partial charge in [0.1, 0.15) is 10.8 Å². The monoisotopic (exact) mass is 331 g/mol. The number of nitrogens with zero attached hydrogens (tertiary/aromatic N) is 4. The van der Waals surface area contributed by atoms with Crippen LogP contribution in [0.25, 0.3) is 0 Å². The maximum absolute atomic E-state index is 4.68. The Balaban J connectivity index is 1.53. The van der Waals surface area contributed by atoms with Gasteiger partial charge in [0.15, 0.2) is 0 Å². The molecular weight excluding hydrogens is 306 g/mol. The lowest BCUT2D eigenvalue weighted by molar-refractivity contribution is 0.182. The third kappa shape index (κ3) is 3.07. The summed E-state index contributed by atoms with van der Waals surface area (Å²) in [5, 5.41) is 6.89. The lowest BCUT2D eigenvalue weighted by Gasteiger charge is -2.29. The van der Waals surface area contributed by atoms with Crippen LogP contribution in [0.5, 0.6) is 0 Å². The quantitative estimate of drug-likeness (QED) is 0.913. The first-order chi connectivity index (χ1) is 11.2. The number of aromatic nitrogens is 3. The number of piperidine rings is 1. The number of rotatable bonds is 5. The van der Waals surface area contributed by atoms with Crippen LogP contribution in [0.1, 0.15) is 35.8 Å². The highest BCUT2D eigenvalue weighted by molar-refractivity contribution is 7.09. The van der Waals surface area contributed by atoms with Crippen molar-refractivity contribution < 1.29 is 0 Å². The first-order valence-corrected chi connectivity index (χ1v) is 9.36. The van der Waals surface area contributed by atoms with E-state index in [1.165, 1.54) is 37.4 Å². The molecule has 0 amide bonds. The molecule has 2 fully saturated rings. The smallest absolute Gasteiger partial charge is 0.122 e. The summed E-state index contributed by atoms with van der Waals surface area (Å²) in [6, 6.07) is 0.686. The summed E-state index contributed by atoms with van der Waals surface area (Å²) in [7, 11) is 2.08. The second-order valence-corrected chi connectivity index (χ2v) is 8.02. The maximum atomic E-state index is 4.68. The van der Waals surface area contributed by atoms with Gasteiger partial charge < -0.3 is 9.88 Å². The third-order valence-electron chi connectivity index (χ3n) is 5.46. The van der Waals surface area contributed by atoms with Crippen molar-refractivity contribution in [1.82, 2.24) is 24.8 Å². The molecule has 0 bridgehead atoms. The van der Waals surface area contributed by atoms with Crippen molar-refractivity contribution >= 4 is 11.3 Å². The molecule has 1 N–H and O–H groups in total. The number of imidazole rings is 1. The number of thiazole rings is 1. The fourth-order valence-electron chi connectivity index (χ4n) is 3.96. The summed E-state index contributed by atoms with van der Waals surface area (Å²) in [5.41, 5.74) is 1.68. The van der Waals surface area contributed by atoms with Crippen LogP contribution < -0.4 is 5.32 Å². The standard InChI is InChI=1S/C17H25N5S/c1-13-12-23-16(20-13)11-22(10-15-19-7-8-21(15)2)14-9-17(14)3-5-18-6-4-17/h7-8,12,14,18H,3-6,9-11H2,1-2H3. The molecule has 1 spiro atoms. The zero-order valence-corrected chi connectivity index (χ0v) is 14.8. The lowest BCUT2D eigenvalue weighted by atomic mass is 9.93. The third-order valence-corrected chi connectivity index (χ3v) is 6.41. The molecule has 0 aromatic carbocycles. The molecule has 3 heterocycles. The first kappa shape index (κ1) is 15.3. The summed E-state index contributed by atoms with van der Waals surface area (Å²) in [5.74, 6) is 1.15. The Labute approximate surface area is 141 Å². The zero-order valence-electron chi connectivity index (χ0n) is 14.0. The molecule has 1 unspecified atom stereocenters. The van der Waals surface area contributed by atoms with Gasteiger partial charge in [-0.3, -0.25) is 4.90 Å². The predicted molar refractivity (Wildman–Crippen MR) is 92.2 cm³/mol. The Hall–Kier alpha value is -1.24. The van der Waals surface area contributed by atoms with Crippen LogP contribution in [-0.4, -0.2) is 38.6 Å². The molecule has 1 saturated carbocycles. The second kappa shape index (κ2) is 6.00.